The van der Waals surface area contributed by atoms with Crippen LogP contribution in [0.1, 0.15) is 50.5 Å². The standard InChI is InChI=1S/C26H36N6O2/c27-19-9-11-20(12-10-19)30-26(33)23-14-17-8-13-22(24(28)29)31-25(17)32(23,34)15-18-6-3-5-16-4-1-2-7-21(16)18/h1-7,17,19-20,22-23,25,31H,8-15,27H2,(H3,28,29)(H,30,33). The van der Waals surface area contributed by atoms with Crippen LogP contribution in [0.2, 0.25) is 0 Å². The first-order valence-electron chi connectivity index (χ1n) is 12.6. The molecule has 2 aliphatic heterocycles. The Morgan fingerprint density at radius 3 is 2.59 bits per heavy atom. The molecule has 2 heterocycles. The highest BCUT2D eigenvalue weighted by Gasteiger charge is 2.55. The van der Waals surface area contributed by atoms with E-state index in [-0.39, 0.29) is 42.3 Å². The normalized spacial score (nSPS) is 35.6. The Kier molecular flexibility index (Phi) is 6.33. The van der Waals surface area contributed by atoms with Crippen molar-refractivity contribution in [3.8, 4) is 0 Å². The molecule has 7 N–H and O–H groups in total. The Balaban J connectivity index is 1.46. The van der Waals surface area contributed by atoms with E-state index in [4.69, 9.17) is 16.9 Å². The molecule has 1 amide bonds. The minimum absolute atomic E-state index is 0.0570. The van der Waals surface area contributed by atoms with Gasteiger partial charge in [-0.1, -0.05) is 42.5 Å². The van der Waals surface area contributed by atoms with Gasteiger partial charge in [0.2, 0.25) is 0 Å². The molecule has 8 heteroatoms. The first-order chi connectivity index (χ1) is 16.3. The van der Waals surface area contributed by atoms with E-state index in [0.29, 0.717) is 6.42 Å². The van der Waals surface area contributed by atoms with Crippen molar-refractivity contribution in [1.29, 1.82) is 5.41 Å². The summed E-state index contributed by atoms with van der Waals surface area (Å²) >= 11 is 0. The molecule has 5 atom stereocenters. The number of amides is 1. The summed E-state index contributed by atoms with van der Waals surface area (Å²) in [5, 5.41) is 31.4. The van der Waals surface area contributed by atoms with Gasteiger partial charge in [0.05, 0.1) is 6.04 Å². The average Bonchev–Trinajstić information content (AvgIpc) is 3.12. The summed E-state index contributed by atoms with van der Waals surface area (Å²) in [5.41, 5.74) is 12.8. The van der Waals surface area contributed by atoms with Crippen molar-refractivity contribution in [3.05, 3.63) is 53.2 Å². The molecule has 1 aliphatic carbocycles. The summed E-state index contributed by atoms with van der Waals surface area (Å²) < 4.78 is -0.652. The zero-order valence-electron chi connectivity index (χ0n) is 19.6. The highest BCUT2D eigenvalue weighted by Crippen LogP contribution is 2.43. The summed E-state index contributed by atoms with van der Waals surface area (Å²) in [5.74, 6) is -0.00788. The number of hydrogen-bond donors (Lipinski definition) is 5. The van der Waals surface area contributed by atoms with Crippen molar-refractivity contribution in [2.45, 2.75) is 81.8 Å². The Labute approximate surface area is 200 Å². The molecule has 5 unspecified atom stereocenters. The third-order valence-corrected chi connectivity index (χ3v) is 8.26. The third-order valence-electron chi connectivity index (χ3n) is 8.26. The second-order valence-electron chi connectivity index (χ2n) is 10.5. The van der Waals surface area contributed by atoms with E-state index in [2.05, 4.69) is 10.6 Å². The summed E-state index contributed by atoms with van der Waals surface area (Å²) in [6.07, 6.45) is 5.12. The molecular formula is C26H36N6O2. The van der Waals surface area contributed by atoms with Gasteiger partial charge in [0, 0.05) is 30.0 Å². The maximum absolute atomic E-state index is 14.8. The van der Waals surface area contributed by atoms with Gasteiger partial charge in [-0.3, -0.25) is 15.5 Å². The van der Waals surface area contributed by atoms with Gasteiger partial charge in [-0.2, -0.15) is 0 Å². The summed E-state index contributed by atoms with van der Waals surface area (Å²) in [6.45, 7) is 0.202. The van der Waals surface area contributed by atoms with Gasteiger partial charge in [-0.15, -0.1) is 0 Å². The number of rotatable bonds is 5. The van der Waals surface area contributed by atoms with E-state index >= 15 is 0 Å². The Hall–Kier alpha value is -2.52. The van der Waals surface area contributed by atoms with Crippen LogP contribution in [-0.2, 0) is 11.3 Å². The number of nitrogens with zero attached hydrogens (tertiary/aromatic N) is 1. The lowest BCUT2D eigenvalue weighted by molar-refractivity contribution is -0.925. The van der Waals surface area contributed by atoms with Crippen molar-refractivity contribution in [2.75, 3.05) is 0 Å². The SMILES string of the molecule is N=C(N)C1CCC2CC(C(=O)NC3CCC(N)CC3)[N+]([O-])(Cc3cccc4ccccc34)C2N1. The van der Waals surface area contributed by atoms with Crippen LogP contribution in [0.15, 0.2) is 42.5 Å². The summed E-state index contributed by atoms with van der Waals surface area (Å²) in [7, 11) is 0. The van der Waals surface area contributed by atoms with Gasteiger partial charge in [-0.25, -0.2) is 0 Å². The molecular weight excluding hydrogens is 428 g/mol. The van der Waals surface area contributed by atoms with Gasteiger partial charge < -0.3 is 26.6 Å². The van der Waals surface area contributed by atoms with Gasteiger partial charge in [-0.05, 0) is 49.3 Å². The number of amidine groups is 1. The maximum Gasteiger partial charge on any atom is 0.278 e. The number of hydroxylamine groups is 3. The highest BCUT2D eigenvalue weighted by atomic mass is 16.6. The first-order valence-corrected chi connectivity index (χ1v) is 12.6. The zero-order valence-corrected chi connectivity index (χ0v) is 19.6. The Bertz CT molecular complexity index is 1060. The smallest absolute Gasteiger partial charge is 0.278 e. The zero-order chi connectivity index (χ0) is 23.9. The molecule has 2 aromatic rings. The maximum atomic E-state index is 14.8. The number of carbonyl (C=O) groups excluding carboxylic acids is 1. The predicted octanol–water partition coefficient (Wildman–Crippen LogP) is 2.44. The van der Waals surface area contributed by atoms with E-state index in [9.17, 15) is 10.0 Å². The molecule has 2 aromatic carbocycles. The molecule has 2 saturated heterocycles. The lowest BCUT2D eigenvalue weighted by Crippen LogP contribution is -2.66. The van der Waals surface area contributed by atoms with Crippen molar-refractivity contribution in [1.82, 2.24) is 10.6 Å². The number of nitrogens with one attached hydrogen (secondary N) is 3. The van der Waals surface area contributed by atoms with Crippen molar-refractivity contribution in [3.63, 3.8) is 0 Å². The molecule has 8 nitrogen and oxygen atoms in total. The third kappa shape index (κ3) is 4.31. The lowest BCUT2D eigenvalue weighted by atomic mass is 9.89. The molecule has 182 valence electrons. The predicted molar refractivity (Wildman–Crippen MR) is 133 cm³/mol. The van der Waals surface area contributed by atoms with Crippen LogP contribution in [0.3, 0.4) is 0 Å². The summed E-state index contributed by atoms with van der Waals surface area (Å²) in [4.78, 5) is 13.6. The highest BCUT2D eigenvalue weighted by molar-refractivity contribution is 5.86. The minimum Gasteiger partial charge on any atom is -0.631 e. The average molecular weight is 465 g/mol. The van der Waals surface area contributed by atoms with E-state index in [1.165, 1.54) is 0 Å². The molecule has 0 radical (unpaired) electrons. The fourth-order valence-electron chi connectivity index (χ4n) is 6.37. The first kappa shape index (κ1) is 23.2. The van der Waals surface area contributed by atoms with Crippen LogP contribution in [0.25, 0.3) is 10.8 Å². The Morgan fingerprint density at radius 2 is 1.82 bits per heavy atom. The molecule has 0 bridgehead atoms. The van der Waals surface area contributed by atoms with E-state index in [1.807, 2.05) is 42.5 Å². The number of hydrogen-bond acceptors (Lipinski definition) is 5. The molecule has 5 rings (SSSR count). The van der Waals surface area contributed by atoms with Crippen LogP contribution in [-0.4, -0.2) is 46.7 Å². The van der Waals surface area contributed by atoms with Gasteiger partial charge in [0.15, 0.2) is 6.04 Å². The number of quaternary nitrogens is 1. The van der Waals surface area contributed by atoms with Crippen LogP contribution < -0.4 is 22.1 Å². The van der Waals surface area contributed by atoms with E-state index in [0.717, 1.165) is 54.9 Å². The fourth-order valence-corrected chi connectivity index (χ4v) is 6.37. The number of fused-ring (bicyclic) bond motifs is 2. The summed E-state index contributed by atoms with van der Waals surface area (Å²) in [6, 6.07) is 13.4. The van der Waals surface area contributed by atoms with E-state index < -0.39 is 16.9 Å². The second kappa shape index (κ2) is 9.26. The monoisotopic (exact) mass is 464 g/mol. The molecule has 3 aliphatic rings. The lowest BCUT2D eigenvalue weighted by Gasteiger charge is -2.51. The molecule has 3 fully saturated rings. The number of likely N-dealkylation sites (tertiary alicyclic amines) is 1. The minimum atomic E-state index is -0.692. The number of carbonyl (C=O) groups is 1. The number of benzene rings is 2. The second-order valence-corrected chi connectivity index (χ2v) is 10.5. The topological polar surface area (TPSA) is 140 Å². The van der Waals surface area contributed by atoms with Crippen LogP contribution >= 0.6 is 0 Å². The van der Waals surface area contributed by atoms with Gasteiger partial charge in [0.1, 0.15) is 18.5 Å². The van der Waals surface area contributed by atoms with Crippen molar-refractivity contribution >= 4 is 22.5 Å². The number of nitrogens with two attached hydrogens (primary N) is 2. The Morgan fingerprint density at radius 1 is 1.09 bits per heavy atom. The van der Waals surface area contributed by atoms with Gasteiger partial charge in [0.25, 0.3) is 5.91 Å². The van der Waals surface area contributed by atoms with Crippen LogP contribution in [0, 0.1) is 16.5 Å². The number of piperidine rings is 1. The van der Waals surface area contributed by atoms with Crippen molar-refractivity contribution in [2.24, 2.45) is 17.4 Å². The quantitative estimate of drug-likeness (QED) is 0.200. The fraction of sp³-hybridized carbons (Fsp3) is 0.538. The van der Waals surface area contributed by atoms with Crippen molar-refractivity contribution < 1.29 is 9.44 Å². The largest absolute Gasteiger partial charge is 0.631 e. The molecule has 0 spiro atoms. The van der Waals surface area contributed by atoms with Crippen LogP contribution in [0.5, 0.6) is 0 Å². The van der Waals surface area contributed by atoms with Crippen LogP contribution in [0.4, 0.5) is 0 Å². The molecule has 0 aromatic heterocycles. The molecule has 34 heavy (non-hydrogen) atoms. The van der Waals surface area contributed by atoms with E-state index in [1.54, 1.807) is 0 Å². The molecule has 1 saturated carbocycles. The van der Waals surface area contributed by atoms with Gasteiger partial charge >= 0.3 is 0 Å².